The summed E-state index contributed by atoms with van der Waals surface area (Å²) in [5.41, 5.74) is 0.474. The van der Waals surface area contributed by atoms with Crippen LogP contribution in [0.1, 0.15) is 21.9 Å². The molecule has 5 rings (SSSR count). The molecule has 164 valence electrons. The number of carbonyl (C=O) groups is 1. The summed E-state index contributed by atoms with van der Waals surface area (Å²) in [4.78, 5) is 16.5. The Morgan fingerprint density at radius 3 is 2.70 bits per heavy atom. The molecule has 0 atom stereocenters. The summed E-state index contributed by atoms with van der Waals surface area (Å²) in [6.07, 6.45) is 1.42. The Morgan fingerprint density at radius 1 is 1.00 bits per heavy atom. The molecule has 0 saturated heterocycles. The van der Waals surface area contributed by atoms with E-state index in [0.29, 0.717) is 17.1 Å². The standard InChI is InChI=1S/C25H19FN4O3/c26-22-8-4-3-7-19(22)14-30-16-27-25(29-30)28-24(31)23-12-11-21(33-23)15-32-20-10-9-17-5-1-2-6-18(17)13-20/h1-13,16H,14-15H2,(H,28,29,31). The minimum Gasteiger partial charge on any atom is -0.486 e. The number of hydrogen-bond donors (Lipinski definition) is 1. The van der Waals surface area contributed by atoms with E-state index >= 15 is 0 Å². The Balaban J connectivity index is 1.19. The molecule has 3 aromatic carbocycles. The monoisotopic (exact) mass is 442 g/mol. The molecular formula is C25H19FN4O3. The predicted octanol–water partition coefficient (Wildman–Crippen LogP) is 5.04. The number of amides is 1. The summed E-state index contributed by atoms with van der Waals surface area (Å²) in [6.45, 7) is 0.383. The van der Waals surface area contributed by atoms with Crippen molar-refractivity contribution in [3.8, 4) is 5.75 Å². The van der Waals surface area contributed by atoms with Gasteiger partial charge in [0.2, 0.25) is 5.95 Å². The second kappa shape index (κ2) is 8.96. The fourth-order valence-electron chi connectivity index (χ4n) is 3.38. The number of halogens is 1. The van der Waals surface area contributed by atoms with Gasteiger partial charge in [-0.3, -0.25) is 10.1 Å². The van der Waals surface area contributed by atoms with Gasteiger partial charge >= 0.3 is 0 Å². The summed E-state index contributed by atoms with van der Waals surface area (Å²) in [5.74, 6) is 0.606. The third kappa shape index (κ3) is 4.74. The van der Waals surface area contributed by atoms with Crippen molar-refractivity contribution in [3.63, 3.8) is 0 Å². The number of anilines is 1. The van der Waals surface area contributed by atoms with Crippen LogP contribution in [0.25, 0.3) is 10.8 Å². The largest absolute Gasteiger partial charge is 0.486 e. The second-order valence-corrected chi connectivity index (χ2v) is 7.37. The van der Waals surface area contributed by atoms with Crippen molar-refractivity contribution < 1.29 is 18.3 Å². The molecule has 33 heavy (non-hydrogen) atoms. The number of furan rings is 1. The first kappa shape index (κ1) is 20.4. The van der Waals surface area contributed by atoms with Crippen molar-refractivity contribution in [1.29, 1.82) is 0 Å². The molecule has 0 spiro atoms. The molecule has 0 aliphatic heterocycles. The number of benzene rings is 3. The molecule has 2 aromatic heterocycles. The van der Waals surface area contributed by atoms with E-state index in [1.165, 1.54) is 17.1 Å². The molecule has 8 heteroatoms. The molecule has 1 N–H and O–H groups in total. The summed E-state index contributed by atoms with van der Waals surface area (Å²) >= 11 is 0. The zero-order chi connectivity index (χ0) is 22.6. The molecule has 0 bridgehead atoms. The highest BCUT2D eigenvalue weighted by Gasteiger charge is 2.14. The number of ether oxygens (including phenoxy) is 1. The first-order valence-electron chi connectivity index (χ1n) is 10.3. The molecule has 0 radical (unpaired) electrons. The van der Waals surface area contributed by atoms with E-state index in [4.69, 9.17) is 9.15 Å². The zero-order valence-corrected chi connectivity index (χ0v) is 17.4. The average Bonchev–Trinajstić information content (AvgIpc) is 3.49. The van der Waals surface area contributed by atoms with Crippen LogP contribution < -0.4 is 10.1 Å². The number of hydrogen-bond acceptors (Lipinski definition) is 5. The van der Waals surface area contributed by atoms with E-state index in [9.17, 15) is 9.18 Å². The van der Waals surface area contributed by atoms with Crippen LogP contribution in [0.2, 0.25) is 0 Å². The van der Waals surface area contributed by atoms with Gasteiger partial charge in [0, 0.05) is 5.56 Å². The second-order valence-electron chi connectivity index (χ2n) is 7.37. The van der Waals surface area contributed by atoms with Crippen molar-refractivity contribution in [3.05, 3.63) is 108 Å². The Hall–Kier alpha value is -4.46. The van der Waals surface area contributed by atoms with Crippen molar-refractivity contribution in [2.24, 2.45) is 0 Å². The van der Waals surface area contributed by atoms with Crippen LogP contribution in [0.3, 0.4) is 0 Å². The lowest BCUT2D eigenvalue weighted by Crippen LogP contribution is -2.12. The molecule has 7 nitrogen and oxygen atoms in total. The van der Waals surface area contributed by atoms with Crippen LogP contribution in [0.4, 0.5) is 10.3 Å². The topological polar surface area (TPSA) is 82.2 Å². The van der Waals surface area contributed by atoms with Gasteiger partial charge < -0.3 is 9.15 Å². The van der Waals surface area contributed by atoms with Crippen LogP contribution in [0.5, 0.6) is 5.75 Å². The van der Waals surface area contributed by atoms with Gasteiger partial charge in [-0.05, 0) is 41.1 Å². The fraction of sp³-hybridized carbons (Fsp3) is 0.0800. The van der Waals surface area contributed by atoms with Crippen molar-refractivity contribution in [1.82, 2.24) is 14.8 Å². The van der Waals surface area contributed by atoms with Gasteiger partial charge in [0.1, 0.15) is 30.3 Å². The normalized spacial score (nSPS) is 10.9. The van der Waals surface area contributed by atoms with E-state index in [-0.39, 0.29) is 30.7 Å². The number of carbonyl (C=O) groups excluding carboxylic acids is 1. The smallest absolute Gasteiger partial charge is 0.293 e. The number of rotatable bonds is 7. The highest BCUT2D eigenvalue weighted by Crippen LogP contribution is 2.22. The van der Waals surface area contributed by atoms with Gasteiger partial charge in [0.25, 0.3) is 5.91 Å². The van der Waals surface area contributed by atoms with Gasteiger partial charge in [-0.1, -0.05) is 48.5 Å². The predicted molar refractivity (Wildman–Crippen MR) is 120 cm³/mol. The third-order valence-electron chi connectivity index (χ3n) is 5.04. The maximum absolute atomic E-state index is 13.8. The first-order valence-corrected chi connectivity index (χ1v) is 10.3. The quantitative estimate of drug-likeness (QED) is 0.382. The van der Waals surface area contributed by atoms with E-state index in [2.05, 4.69) is 15.4 Å². The molecule has 0 saturated carbocycles. The van der Waals surface area contributed by atoms with Gasteiger partial charge in [0.05, 0.1) is 6.54 Å². The van der Waals surface area contributed by atoms with Gasteiger partial charge in [-0.2, -0.15) is 0 Å². The average molecular weight is 442 g/mol. The minimum absolute atomic E-state index is 0.0988. The molecule has 2 heterocycles. The summed E-state index contributed by atoms with van der Waals surface area (Å²) in [6, 6.07) is 23.5. The van der Waals surface area contributed by atoms with Gasteiger partial charge in [0.15, 0.2) is 5.76 Å². The molecule has 0 aliphatic carbocycles. The lowest BCUT2D eigenvalue weighted by atomic mass is 10.1. The molecule has 1 amide bonds. The lowest BCUT2D eigenvalue weighted by Gasteiger charge is -2.05. The summed E-state index contributed by atoms with van der Waals surface area (Å²) in [7, 11) is 0. The van der Waals surface area contributed by atoms with Crippen LogP contribution in [0, 0.1) is 5.82 Å². The molecule has 5 aromatic rings. The summed E-state index contributed by atoms with van der Waals surface area (Å²) in [5, 5.41) is 8.95. The maximum Gasteiger partial charge on any atom is 0.293 e. The SMILES string of the molecule is O=C(Nc1ncn(Cc2ccccc2F)n1)c1ccc(COc2ccc3ccccc3c2)o1. The fourth-order valence-corrected chi connectivity index (χ4v) is 3.38. The van der Waals surface area contributed by atoms with Gasteiger partial charge in [-0.25, -0.2) is 14.1 Å². The molecule has 0 unspecified atom stereocenters. The van der Waals surface area contributed by atoms with Crippen molar-refractivity contribution >= 4 is 22.6 Å². The van der Waals surface area contributed by atoms with Crippen LogP contribution in [-0.2, 0) is 13.2 Å². The highest BCUT2D eigenvalue weighted by molar-refractivity contribution is 6.01. The summed E-state index contributed by atoms with van der Waals surface area (Å²) < 4.78 is 26.6. The minimum atomic E-state index is -0.490. The Morgan fingerprint density at radius 2 is 1.82 bits per heavy atom. The lowest BCUT2D eigenvalue weighted by molar-refractivity contribution is 0.0991. The Kier molecular flexibility index (Phi) is 5.55. The van der Waals surface area contributed by atoms with Crippen molar-refractivity contribution in [2.45, 2.75) is 13.2 Å². The molecule has 0 aliphatic rings. The number of nitrogens with zero attached hydrogens (tertiary/aromatic N) is 3. The van der Waals surface area contributed by atoms with E-state index in [1.807, 2.05) is 42.5 Å². The Labute approximate surface area is 188 Å². The van der Waals surface area contributed by atoms with Crippen LogP contribution in [0.15, 0.2) is 89.6 Å². The zero-order valence-electron chi connectivity index (χ0n) is 17.4. The first-order chi connectivity index (χ1) is 16.1. The number of fused-ring (bicyclic) bond motifs is 1. The number of nitrogens with one attached hydrogen (secondary N) is 1. The van der Waals surface area contributed by atoms with Gasteiger partial charge in [-0.15, -0.1) is 5.10 Å². The van der Waals surface area contributed by atoms with Crippen LogP contribution in [-0.4, -0.2) is 20.7 Å². The van der Waals surface area contributed by atoms with Crippen LogP contribution >= 0.6 is 0 Å². The third-order valence-corrected chi connectivity index (χ3v) is 5.04. The number of aromatic nitrogens is 3. The van der Waals surface area contributed by atoms with Crippen molar-refractivity contribution in [2.75, 3.05) is 5.32 Å². The van der Waals surface area contributed by atoms with E-state index in [0.717, 1.165) is 10.8 Å². The highest BCUT2D eigenvalue weighted by atomic mass is 19.1. The Bertz CT molecular complexity index is 1430. The maximum atomic E-state index is 13.8. The molecule has 0 fully saturated rings. The van der Waals surface area contributed by atoms with E-state index < -0.39 is 5.91 Å². The van der Waals surface area contributed by atoms with E-state index in [1.54, 1.807) is 30.3 Å². The molecular weight excluding hydrogens is 423 g/mol.